The molecule has 1 saturated carbocycles. The van der Waals surface area contributed by atoms with Crippen LogP contribution >= 0.6 is 27.2 Å². The van der Waals surface area contributed by atoms with Crippen molar-refractivity contribution in [2.75, 3.05) is 78.0 Å². The van der Waals surface area contributed by atoms with E-state index in [0.717, 1.165) is 62.7 Å². The van der Waals surface area contributed by atoms with Crippen molar-refractivity contribution >= 4 is 86.4 Å². The van der Waals surface area contributed by atoms with Gasteiger partial charge in [-0.25, -0.2) is 4.57 Å². The summed E-state index contributed by atoms with van der Waals surface area (Å²) >= 11 is 1.61. The zero-order chi connectivity index (χ0) is 91.6. The topological polar surface area (TPSA) is 358 Å². The first-order valence-electron chi connectivity index (χ1n) is 46.0. The number of nitrogens with zero attached hydrogens (tertiary/aromatic N) is 5. The largest absolute Gasteiger partial charge is 0.508 e. The second kappa shape index (κ2) is 54.7. The molecule has 29 nitrogen and oxygen atoms in total. The fraction of sp³-hybridized carbons (Fsp3) is 0.824. The minimum Gasteiger partial charge on any atom is -0.508 e. The van der Waals surface area contributed by atoms with Crippen molar-refractivity contribution in [1.82, 2.24) is 40.4 Å². The van der Waals surface area contributed by atoms with Crippen LogP contribution in [0.2, 0.25) is 0 Å². The van der Waals surface area contributed by atoms with Gasteiger partial charge in [0.25, 0.3) is 0 Å². The van der Waals surface area contributed by atoms with Crippen LogP contribution in [0, 0.1) is 35.5 Å². The lowest BCUT2D eigenvalue weighted by Crippen LogP contribution is -2.40. The van der Waals surface area contributed by atoms with Gasteiger partial charge in [-0.15, -0.1) is 11.8 Å². The summed E-state index contributed by atoms with van der Waals surface area (Å²) in [5.74, 6) is 1.77. The van der Waals surface area contributed by atoms with E-state index in [9.17, 15) is 62.6 Å². The number of rotatable bonds is 51. The first-order valence-corrected chi connectivity index (χ1v) is 50.3. The number of phenolic OH excluding ortho intramolecular Hbond substituents is 1. The molecule has 5 aliphatic heterocycles. The number of likely N-dealkylation sites (tertiary alicyclic amines) is 5. The highest BCUT2D eigenvalue weighted by molar-refractivity contribution is 8.00. The predicted octanol–water partition coefficient (Wildman–Crippen LogP) is 13.0. The summed E-state index contributed by atoms with van der Waals surface area (Å²) in [5.41, 5.74) is 0.906. The number of nitrogens with one attached hydrogen (secondary N) is 3. The number of phosphoric acid groups is 1. The van der Waals surface area contributed by atoms with Crippen molar-refractivity contribution < 1.29 is 99.7 Å². The van der Waals surface area contributed by atoms with Crippen LogP contribution in [-0.4, -0.2) is 273 Å². The molecular formula is C91H160N8O21P2S. The first kappa shape index (κ1) is 109. The molecule has 5 saturated heterocycles. The maximum absolute atomic E-state index is 13.2. The summed E-state index contributed by atoms with van der Waals surface area (Å²) in [4.78, 5) is 146. The minimum atomic E-state index is -4.51. The van der Waals surface area contributed by atoms with E-state index in [1.54, 1.807) is 50.7 Å². The van der Waals surface area contributed by atoms with E-state index < -0.39 is 39.6 Å². The normalized spacial score (nSPS) is 23.8. The molecule has 123 heavy (non-hydrogen) atoms. The first-order chi connectivity index (χ1) is 57.8. The Morgan fingerprint density at radius 1 is 0.537 bits per heavy atom. The number of amides is 7. The molecule has 32 heteroatoms. The van der Waals surface area contributed by atoms with Crippen molar-refractivity contribution in [3.8, 4) is 5.75 Å². The number of carbonyl (C=O) groups excluding carboxylic acids is 9. The lowest BCUT2D eigenvalue weighted by atomic mass is 9.77. The third kappa shape index (κ3) is 41.3. The second-order valence-corrected chi connectivity index (χ2v) is 42.3. The molecule has 0 radical (unpaired) electrons. The minimum absolute atomic E-state index is 0.0143. The van der Waals surface area contributed by atoms with Gasteiger partial charge in [0, 0.05) is 127 Å². The molecular weight excluding hydrogens is 1640 g/mol. The summed E-state index contributed by atoms with van der Waals surface area (Å²) in [6.07, 6.45) is 14.7. The van der Waals surface area contributed by atoms with Gasteiger partial charge < -0.3 is 78.4 Å². The summed E-state index contributed by atoms with van der Waals surface area (Å²) in [6, 6.07) is 6.20. The standard InChI is InChI=1S/C31H60N3O7P.C30H56N3O9P.C30H44N2O5S/c1-22(2)12-10-11-13-30(35)33-18-28(40-25(7)8)16-27(33)21-39-42(9,37)41-29-17-26(20-38-24(5)6)34(19-29)31(36)14-15-32-23(3)4;1-20(2)28(34)10-9-11-29(35)32-16-26(41-23(7)8)14-25(32)19-40-43(37,38)42-27-15-24(18-39-22(5)6)33(17-27)30(36)12-13-31-21(3)4;1-19(2)13-14-38-27-17-28(35)32(30(27)37)18-22-5-9-23(10-6-22)26(34)16-24(29(36)31-20(3)4)15-21-7-11-25(33)12-8-21/h22-29,32,37H,9-21H2,1-8H3;20-27,31H,9-19H2,1-8H3,(H,37,38);7-8,11-12,19-20,22-24,27,33H,5-6,9-10,13-18H2,1-4H3,(H,31,36)/t26-,27-,28+,29+,42?;24-,25-,26+,27?;/m00./s1. The van der Waals surface area contributed by atoms with Crippen molar-refractivity contribution in [2.45, 2.75) is 370 Å². The zero-order valence-electron chi connectivity index (χ0n) is 78.3. The van der Waals surface area contributed by atoms with Gasteiger partial charge in [-0.2, -0.15) is 0 Å². The van der Waals surface area contributed by atoms with E-state index in [-0.39, 0.29) is 181 Å². The number of thioether (sulfide) groups is 1. The highest BCUT2D eigenvalue weighted by atomic mass is 32.2. The summed E-state index contributed by atoms with van der Waals surface area (Å²) in [7, 11) is -7.97. The van der Waals surface area contributed by atoms with Crippen LogP contribution in [0.15, 0.2) is 24.3 Å². The molecule has 5 heterocycles. The molecule has 706 valence electrons. The van der Waals surface area contributed by atoms with Crippen molar-refractivity contribution in [1.29, 1.82) is 0 Å². The van der Waals surface area contributed by atoms with Crippen LogP contribution in [0.25, 0.3) is 0 Å². The van der Waals surface area contributed by atoms with E-state index in [0.29, 0.717) is 141 Å². The fourth-order valence-corrected chi connectivity index (χ4v) is 19.8. The molecule has 7 rings (SSSR count). The van der Waals surface area contributed by atoms with Crippen LogP contribution in [0.3, 0.4) is 0 Å². The quantitative estimate of drug-likeness (QED) is 0.0200. The highest BCUT2D eigenvalue weighted by Gasteiger charge is 2.46. The maximum Gasteiger partial charge on any atom is 0.472 e. The fourth-order valence-electron chi connectivity index (χ4n) is 16.3. The van der Waals surface area contributed by atoms with E-state index in [1.807, 2.05) is 102 Å². The van der Waals surface area contributed by atoms with Crippen LogP contribution in [0.4, 0.5) is 0 Å². The van der Waals surface area contributed by atoms with Crippen LogP contribution < -0.4 is 16.0 Å². The number of benzene rings is 1. The van der Waals surface area contributed by atoms with Gasteiger partial charge in [0.1, 0.15) is 17.3 Å². The lowest BCUT2D eigenvalue weighted by molar-refractivity contribution is -0.140. The molecule has 7 amide bonds. The number of ketones is 2. The SMILES string of the molecule is C=P(O)(OC[C@@H]1C[C@@H](OC(C)C)CN1C(=O)CCCCC(C)C)O[C@@H]1C[C@@H](COC(C)C)N(C(=O)CCNC(C)C)C1.CC(C)CCSC1CC(=O)N(CC2CCC(C(=O)CC(Cc3ccc(O)cc3)C(=O)NC(C)C)CC2)C1=O.CC(C)NCCC(=O)N1CC(OP(=O)(O)OC[C@@H]2C[C@@H](OC(C)C)CN2C(=O)CCCC(=O)C(C)C)C[C@H]1COC(C)C. The molecule has 6 N–H and O–H groups in total. The van der Waals surface area contributed by atoms with Gasteiger partial charge in [0.15, 0.2) is 0 Å². The number of phenols is 1. The maximum atomic E-state index is 13.2. The number of unbranched alkanes of at least 4 members (excludes halogenated alkanes) is 1. The van der Waals surface area contributed by atoms with Gasteiger partial charge >= 0.3 is 7.82 Å². The second-order valence-electron chi connectivity index (χ2n) is 37.8. The Kier molecular flexibility index (Phi) is 48.3. The molecule has 12 atom stereocenters. The monoisotopic (exact) mass is 1800 g/mol. The predicted molar refractivity (Wildman–Crippen MR) is 484 cm³/mol. The number of carbonyl (C=O) groups is 9. The number of imide groups is 1. The van der Waals surface area contributed by atoms with Crippen LogP contribution in [0.5, 0.6) is 5.75 Å². The lowest BCUT2D eigenvalue weighted by Gasteiger charge is -2.30. The van der Waals surface area contributed by atoms with E-state index in [1.165, 1.54) is 4.90 Å². The van der Waals surface area contributed by atoms with Crippen molar-refractivity contribution in [2.24, 2.45) is 35.5 Å². The Bertz CT molecular complexity index is 3490. The average Bonchev–Trinajstić information content (AvgIpc) is 1.72. The zero-order valence-corrected chi connectivity index (χ0v) is 80.9. The molecule has 1 aromatic carbocycles. The van der Waals surface area contributed by atoms with Crippen molar-refractivity contribution in [3.05, 3.63) is 29.8 Å². The molecule has 0 spiro atoms. The molecule has 6 fully saturated rings. The number of ether oxygens (including phenoxy) is 4. The Morgan fingerprint density at radius 3 is 1.46 bits per heavy atom. The highest BCUT2D eigenvalue weighted by Crippen LogP contribution is 2.49. The third-order valence-electron chi connectivity index (χ3n) is 22.7. The van der Waals surface area contributed by atoms with E-state index in [4.69, 9.17) is 37.0 Å². The van der Waals surface area contributed by atoms with E-state index in [2.05, 4.69) is 63.8 Å². The third-order valence-corrected chi connectivity index (χ3v) is 26.2. The number of Topliss-reactive ketones (excluding diaryl/α,β-unsaturated/α-hetero) is 2. The number of phosphoric ester groups is 1. The van der Waals surface area contributed by atoms with Crippen LogP contribution in [-0.2, 0) is 91.2 Å². The summed E-state index contributed by atoms with van der Waals surface area (Å²) in [6.45, 7) is 43.5. The average molecular weight is 1800 g/mol. The Labute approximate surface area is 741 Å². The number of aromatic hydroxyl groups is 1. The van der Waals surface area contributed by atoms with Gasteiger partial charge in [-0.1, -0.05) is 94.2 Å². The molecule has 1 aliphatic carbocycles. The summed E-state index contributed by atoms with van der Waals surface area (Å²) < 4.78 is 59.6. The molecule has 5 unspecified atom stereocenters. The molecule has 1 aromatic rings. The van der Waals surface area contributed by atoms with E-state index >= 15 is 0 Å². The molecule has 0 bridgehead atoms. The van der Waals surface area contributed by atoms with Crippen LogP contribution in [0.1, 0.15) is 272 Å². The Balaban J connectivity index is 0.000000328. The van der Waals surface area contributed by atoms with Gasteiger partial charge in [-0.05, 0) is 194 Å². The van der Waals surface area contributed by atoms with Gasteiger partial charge in [-0.3, -0.25) is 57.1 Å². The Hall–Kier alpha value is -4.75. The Morgan fingerprint density at radius 2 is 0.992 bits per heavy atom. The molecule has 6 aliphatic rings. The summed E-state index contributed by atoms with van der Waals surface area (Å²) in [5, 5.41) is 18.8. The van der Waals surface area contributed by atoms with Gasteiger partial charge in [0.2, 0.25) is 48.9 Å². The van der Waals surface area contributed by atoms with Crippen molar-refractivity contribution in [3.63, 3.8) is 0 Å². The number of hydrogen-bond donors (Lipinski definition) is 6. The smallest absolute Gasteiger partial charge is 0.472 e. The molecule has 0 aromatic heterocycles. The number of hydrogen-bond acceptors (Lipinski definition) is 23. The van der Waals surface area contributed by atoms with Gasteiger partial charge in [0.05, 0.1) is 105 Å².